The van der Waals surface area contributed by atoms with E-state index in [4.69, 9.17) is 11.6 Å². The number of rotatable bonds is 3. The summed E-state index contributed by atoms with van der Waals surface area (Å²) in [4.78, 5) is 22.4. The molecule has 0 aliphatic carbocycles. The lowest BCUT2D eigenvalue weighted by Crippen LogP contribution is -1.95. The highest BCUT2D eigenvalue weighted by Gasteiger charge is 2.18. The molecule has 2 rings (SSSR count). The van der Waals surface area contributed by atoms with Crippen molar-refractivity contribution in [3.8, 4) is 0 Å². The van der Waals surface area contributed by atoms with Crippen LogP contribution in [-0.2, 0) is 0 Å². The van der Waals surface area contributed by atoms with Crippen LogP contribution in [0.4, 0.5) is 5.69 Å². The lowest BCUT2D eigenvalue weighted by Gasteiger charge is -2.01. The molecule has 6 nitrogen and oxygen atoms in total. The van der Waals surface area contributed by atoms with Crippen molar-refractivity contribution in [2.45, 2.75) is 17.1 Å². The van der Waals surface area contributed by atoms with Crippen LogP contribution in [0.1, 0.15) is 5.69 Å². The lowest BCUT2D eigenvalue weighted by atomic mass is 10.4. The SMILES string of the molecule is Cc1ccnc(Sc2nc(Cl)ccc2[N+](=O)[O-])n1. The summed E-state index contributed by atoms with van der Waals surface area (Å²) in [5.74, 6) is 0. The second-order valence-electron chi connectivity index (χ2n) is 3.30. The summed E-state index contributed by atoms with van der Waals surface area (Å²) in [5, 5.41) is 11.6. The maximum atomic E-state index is 10.9. The Morgan fingerprint density at radius 3 is 2.78 bits per heavy atom. The first-order valence-electron chi connectivity index (χ1n) is 4.84. The van der Waals surface area contributed by atoms with Crippen molar-refractivity contribution in [1.29, 1.82) is 0 Å². The number of pyridine rings is 1. The zero-order chi connectivity index (χ0) is 13.1. The maximum absolute atomic E-state index is 10.9. The van der Waals surface area contributed by atoms with Crippen LogP contribution in [0, 0.1) is 17.0 Å². The first kappa shape index (κ1) is 12.7. The van der Waals surface area contributed by atoms with Crippen LogP contribution >= 0.6 is 23.4 Å². The van der Waals surface area contributed by atoms with Gasteiger partial charge in [-0.1, -0.05) is 11.6 Å². The van der Waals surface area contributed by atoms with Crippen LogP contribution in [-0.4, -0.2) is 19.9 Å². The summed E-state index contributed by atoms with van der Waals surface area (Å²) in [7, 11) is 0. The number of nitrogens with zero attached hydrogens (tertiary/aromatic N) is 4. The summed E-state index contributed by atoms with van der Waals surface area (Å²) in [6, 6.07) is 4.43. The molecule has 0 fully saturated rings. The Bertz CT molecular complexity index is 608. The fourth-order valence-electron chi connectivity index (χ4n) is 1.19. The van der Waals surface area contributed by atoms with Crippen molar-refractivity contribution in [3.63, 3.8) is 0 Å². The minimum atomic E-state index is -0.512. The van der Waals surface area contributed by atoms with Crippen molar-refractivity contribution in [3.05, 3.63) is 45.4 Å². The summed E-state index contributed by atoms with van der Waals surface area (Å²) in [6.07, 6.45) is 1.58. The predicted molar refractivity (Wildman–Crippen MR) is 66.8 cm³/mol. The topological polar surface area (TPSA) is 81.8 Å². The molecule has 18 heavy (non-hydrogen) atoms. The van der Waals surface area contributed by atoms with Crippen LogP contribution in [0.2, 0.25) is 5.15 Å². The highest BCUT2D eigenvalue weighted by atomic mass is 35.5. The minimum absolute atomic E-state index is 0.116. The molecule has 8 heteroatoms. The Hall–Kier alpha value is -1.73. The van der Waals surface area contributed by atoms with Crippen LogP contribution < -0.4 is 0 Å². The first-order chi connectivity index (χ1) is 8.56. The molecule has 0 radical (unpaired) electrons. The second kappa shape index (κ2) is 5.28. The molecule has 0 aliphatic heterocycles. The number of aryl methyl sites for hydroxylation is 1. The van der Waals surface area contributed by atoms with Crippen molar-refractivity contribution < 1.29 is 4.92 Å². The van der Waals surface area contributed by atoms with Crippen molar-refractivity contribution >= 4 is 29.1 Å². The molecule has 0 aromatic carbocycles. The molecule has 0 aliphatic rings. The van der Waals surface area contributed by atoms with Crippen LogP contribution in [0.3, 0.4) is 0 Å². The molecule has 0 spiro atoms. The molecule has 2 heterocycles. The van der Waals surface area contributed by atoms with Gasteiger partial charge in [0, 0.05) is 18.0 Å². The van der Waals surface area contributed by atoms with Gasteiger partial charge in [0.15, 0.2) is 10.2 Å². The monoisotopic (exact) mass is 282 g/mol. The van der Waals surface area contributed by atoms with Crippen molar-refractivity contribution in [2.75, 3.05) is 0 Å². The average Bonchev–Trinajstić information content (AvgIpc) is 2.28. The van der Waals surface area contributed by atoms with Gasteiger partial charge in [-0.05, 0) is 30.8 Å². The smallest absolute Gasteiger partial charge is 0.258 e. The van der Waals surface area contributed by atoms with Crippen LogP contribution in [0.15, 0.2) is 34.6 Å². The molecule has 0 N–H and O–H groups in total. The highest BCUT2D eigenvalue weighted by molar-refractivity contribution is 7.99. The Morgan fingerprint density at radius 1 is 1.33 bits per heavy atom. The Labute approximate surface area is 112 Å². The Balaban J connectivity index is 2.39. The Kier molecular flexibility index (Phi) is 3.73. The number of halogens is 1. The van der Waals surface area contributed by atoms with Gasteiger partial charge in [0.2, 0.25) is 0 Å². The van der Waals surface area contributed by atoms with E-state index in [0.717, 1.165) is 17.5 Å². The fraction of sp³-hybridized carbons (Fsp3) is 0.100. The summed E-state index contributed by atoms with van der Waals surface area (Å²) in [6.45, 7) is 1.81. The quantitative estimate of drug-likeness (QED) is 0.373. The second-order valence-corrected chi connectivity index (χ2v) is 4.64. The molecule has 92 valence electrons. The highest BCUT2D eigenvalue weighted by Crippen LogP contribution is 2.32. The summed E-state index contributed by atoms with van der Waals surface area (Å²) >= 11 is 6.74. The molecule has 0 saturated heterocycles. The molecular formula is C10H7ClN4O2S. The van der Waals surface area contributed by atoms with Crippen LogP contribution in [0.5, 0.6) is 0 Å². The third kappa shape index (κ3) is 2.93. The average molecular weight is 283 g/mol. The minimum Gasteiger partial charge on any atom is -0.258 e. The maximum Gasteiger partial charge on any atom is 0.301 e. The molecule has 2 aromatic heterocycles. The number of nitro groups is 1. The van der Waals surface area contributed by atoms with Gasteiger partial charge in [-0.3, -0.25) is 10.1 Å². The first-order valence-corrected chi connectivity index (χ1v) is 6.04. The van der Waals surface area contributed by atoms with Gasteiger partial charge in [-0.25, -0.2) is 15.0 Å². The molecular weight excluding hydrogens is 276 g/mol. The van der Waals surface area contributed by atoms with E-state index in [9.17, 15) is 10.1 Å². The van der Waals surface area contributed by atoms with E-state index < -0.39 is 4.92 Å². The summed E-state index contributed by atoms with van der Waals surface area (Å²) < 4.78 is 0. The van der Waals surface area contributed by atoms with Gasteiger partial charge in [0.1, 0.15) is 5.15 Å². The van der Waals surface area contributed by atoms with Crippen molar-refractivity contribution in [2.24, 2.45) is 0 Å². The molecule has 0 unspecified atom stereocenters. The van der Waals surface area contributed by atoms with Gasteiger partial charge >= 0.3 is 5.69 Å². The third-order valence-electron chi connectivity index (χ3n) is 1.96. The van der Waals surface area contributed by atoms with Crippen LogP contribution in [0.25, 0.3) is 0 Å². The molecule has 0 bridgehead atoms. The number of hydrogen-bond donors (Lipinski definition) is 0. The van der Waals surface area contributed by atoms with Gasteiger partial charge < -0.3 is 0 Å². The molecule has 0 saturated carbocycles. The summed E-state index contributed by atoms with van der Waals surface area (Å²) in [5.41, 5.74) is 0.659. The number of hydrogen-bond acceptors (Lipinski definition) is 6. The van der Waals surface area contributed by atoms with E-state index in [0.29, 0.717) is 5.16 Å². The van der Waals surface area contributed by atoms with Gasteiger partial charge in [-0.2, -0.15) is 0 Å². The number of aromatic nitrogens is 3. The Morgan fingerprint density at radius 2 is 2.11 bits per heavy atom. The lowest BCUT2D eigenvalue weighted by molar-refractivity contribution is -0.388. The normalized spacial score (nSPS) is 10.3. The largest absolute Gasteiger partial charge is 0.301 e. The van der Waals surface area contributed by atoms with E-state index in [1.165, 1.54) is 12.1 Å². The standard InChI is InChI=1S/C10H7ClN4O2S/c1-6-4-5-12-10(13-6)18-9-7(15(16)17)2-3-8(11)14-9/h2-5H,1H3. The zero-order valence-electron chi connectivity index (χ0n) is 9.20. The van der Waals surface area contributed by atoms with E-state index in [2.05, 4.69) is 15.0 Å². The predicted octanol–water partition coefficient (Wildman–Crippen LogP) is 2.89. The zero-order valence-corrected chi connectivity index (χ0v) is 10.8. The molecule has 2 aromatic rings. The van der Waals surface area contributed by atoms with E-state index in [1.807, 2.05) is 6.92 Å². The van der Waals surface area contributed by atoms with E-state index in [-0.39, 0.29) is 15.9 Å². The fourth-order valence-corrected chi connectivity index (χ4v) is 2.25. The molecule has 0 amide bonds. The van der Waals surface area contributed by atoms with Gasteiger partial charge in [0.25, 0.3) is 0 Å². The van der Waals surface area contributed by atoms with Gasteiger partial charge in [0.05, 0.1) is 4.92 Å². The third-order valence-corrected chi connectivity index (χ3v) is 3.05. The van der Waals surface area contributed by atoms with Gasteiger partial charge in [-0.15, -0.1) is 0 Å². The molecule has 0 atom stereocenters. The van der Waals surface area contributed by atoms with E-state index >= 15 is 0 Å². The van der Waals surface area contributed by atoms with Crippen molar-refractivity contribution in [1.82, 2.24) is 15.0 Å². The van der Waals surface area contributed by atoms with E-state index in [1.54, 1.807) is 12.3 Å².